The molecule has 0 aliphatic rings. The molecule has 0 aliphatic heterocycles. The maximum atomic E-state index is 11.1. The lowest BCUT2D eigenvalue weighted by atomic mass is 10.1. The van der Waals surface area contributed by atoms with Gasteiger partial charge in [0, 0.05) is 23.5 Å². The van der Waals surface area contributed by atoms with Gasteiger partial charge < -0.3 is 10.1 Å². The first-order valence-electron chi connectivity index (χ1n) is 5.88. The number of imidazole rings is 1. The minimum absolute atomic E-state index is 0.421. The first kappa shape index (κ1) is 11.9. The number of rotatable bonds is 3. The van der Waals surface area contributed by atoms with E-state index in [0.29, 0.717) is 4.88 Å². The van der Waals surface area contributed by atoms with Crippen LogP contribution >= 0.6 is 11.3 Å². The molecular formula is C14H12N2O2S. The molecule has 0 radical (unpaired) electrons. The molecule has 0 unspecified atom stereocenters. The lowest BCUT2D eigenvalue weighted by Gasteiger charge is -2.00. The van der Waals surface area contributed by atoms with Crippen LogP contribution in [0.25, 0.3) is 10.1 Å². The van der Waals surface area contributed by atoms with Gasteiger partial charge in [0.25, 0.3) is 0 Å². The van der Waals surface area contributed by atoms with E-state index in [1.807, 2.05) is 19.1 Å². The normalized spacial score (nSPS) is 11.0. The minimum atomic E-state index is -0.855. The summed E-state index contributed by atoms with van der Waals surface area (Å²) in [7, 11) is 0. The molecule has 2 N–H and O–H groups in total. The predicted octanol–water partition coefficient (Wildman–Crippen LogP) is 3.22. The van der Waals surface area contributed by atoms with Crippen LogP contribution in [-0.2, 0) is 6.42 Å². The van der Waals surface area contributed by atoms with Crippen molar-refractivity contribution in [1.29, 1.82) is 0 Å². The van der Waals surface area contributed by atoms with Crippen LogP contribution in [0, 0.1) is 6.92 Å². The lowest BCUT2D eigenvalue weighted by Crippen LogP contribution is -1.94. The standard InChI is InChI=1S/C14H12N2O2S/c1-8-10-6-9(7-12-15-4-5-16-12)2-3-11(10)19-13(8)14(17)18/h2-6H,7H2,1H3,(H,15,16)(H,17,18). The smallest absolute Gasteiger partial charge is 0.346 e. The summed E-state index contributed by atoms with van der Waals surface area (Å²) in [6, 6.07) is 6.06. The average molecular weight is 272 g/mol. The van der Waals surface area contributed by atoms with Gasteiger partial charge in [0.15, 0.2) is 0 Å². The SMILES string of the molecule is Cc1c(C(=O)O)sc2ccc(Cc3ncc[nH]3)cc12. The van der Waals surface area contributed by atoms with E-state index in [1.165, 1.54) is 11.3 Å². The minimum Gasteiger partial charge on any atom is -0.477 e. The van der Waals surface area contributed by atoms with Crippen LogP contribution < -0.4 is 0 Å². The summed E-state index contributed by atoms with van der Waals surface area (Å²) in [5, 5.41) is 10.2. The molecule has 3 rings (SSSR count). The highest BCUT2D eigenvalue weighted by atomic mass is 32.1. The Morgan fingerprint density at radius 1 is 1.47 bits per heavy atom. The number of fused-ring (bicyclic) bond motifs is 1. The number of hydrogen-bond donors (Lipinski definition) is 2. The second-order valence-electron chi connectivity index (χ2n) is 4.40. The van der Waals surface area contributed by atoms with E-state index >= 15 is 0 Å². The van der Waals surface area contributed by atoms with Crippen molar-refractivity contribution in [2.45, 2.75) is 13.3 Å². The molecule has 3 aromatic rings. The van der Waals surface area contributed by atoms with E-state index in [0.717, 1.165) is 33.5 Å². The Morgan fingerprint density at radius 2 is 2.32 bits per heavy atom. The van der Waals surface area contributed by atoms with Crippen LogP contribution in [0.15, 0.2) is 30.6 Å². The third kappa shape index (κ3) is 2.13. The van der Waals surface area contributed by atoms with E-state index in [1.54, 1.807) is 12.4 Å². The highest BCUT2D eigenvalue weighted by molar-refractivity contribution is 7.21. The summed E-state index contributed by atoms with van der Waals surface area (Å²) < 4.78 is 1.01. The highest BCUT2D eigenvalue weighted by Gasteiger charge is 2.14. The van der Waals surface area contributed by atoms with Gasteiger partial charge in [-0.1, -0.05) is 6.07 Å². The molecule has 2 heterocycles. The Kier molecular flexibility index (Phi) is 2.83. The molecule has 0 fully saturated rings. The van der Waals surface area contributed by atoms with E-state index < -0.39 is 5.97 Å². The van der Waals surface area contributed by atoms with E-state index in [2.05, 4.69) is 16.0 Å². The third-order valence-corrected chi connectivity index (χ3v) is 4.38. The zero-order valence-corrected chi connectivity index (χ0v) is 11.1. The van der Waals surface area contributed by atoms with Crippen LogP contribution in [0.4, 0.5) is 0 Å². The zero-order valence-electron chi connectivity index (χ0n) is 10.3. The number of nitrogens with one attached hydrogen (secondary N) is 1. The maximum absolute atomic E-state index is 11.1. The number of nitrogens with zero attached hydrogens (tertiary/aromatic N) is 1. The van der Waals surface area contributed by atoms with Gasteiger partial charge in [0.2, 0.25) is 0 Å². The third-order valence-electron chi connectivity index (χ3n) is 3.12. The largest absolute Gasteiger partial charge is 0.477 e. The van der Waals surface area contributed by atoms with Crippen molar-refractivity contribution in [2.75, 3.05) is 0 Å². The molecule has 0 saturated carbocycles. The molecule has 96 valence electrons. The van der Waals surface area contributed by atoms with Crippen molar-refractivity contribution in [3.05, 3.63) is 52.4 Å². The van der Waals surface area contributed by atoms with E-state index in [4.69, 9.17) is 5.11 Å². The van der Waals surface area contributed by atoms with Gasteiger partial charge in [-0.15, -0.1) is 11.3 Å². The molecule has 4 nitrogen and oxygen atoms in total. The molecule has 19 heavy (non-hydrogen) atoms. The Bertz CT molecular complexity index is 744. The van der Waals surface area contributed by atoms with Gasteiger partial charge in [0.1, 0.15) is 10.7 Å². The van der Waals surface area contributed by atoms with Crippen LogP contribution in [0.1, 0.15) is 26.6 Å². The number of aromatic carboxylic acids is 1. The predicted molar refractivity (Wildman–Crippen MR) is 74.9 cm³/mol. The maximum Gasteiger partial charge on any atom is 0.346 e. The first-order valence-corrected chi connectivity index (χ1v) is 6.70. The van der Waals surface area contributed by atoms with Gasteiger partial charge in [-0.2, -0.15) is 0 Å². The van der Waals surface area contributed by atoms with Crippen molar-refractivity contribution in [1.82, 2.24) is 9.97 Å². The van der Waals surface area contributed by atoms with Gasteiger partial charge in [-0.25, -0.2) is 9.78 Å². The fourth-order valence-corrected chi connectivity index (χ4v) is 3.20. The molecule has 0 saturated heterocycles. The summed E-state index contributed by atoms with van der Waals surface area (Å²) in [6.07, 6.45) is 4.25. The van der Waals surface area contributed by atoms with Gasteiger partial charge in [-0.05, 0) is 35.6 Å². The number of aryl methyl sites for hydroxylation is 1. The number of aromatic amines is 1. The summed E-state index contributed by atoms with van der Waals surface area (Å²) >= 11 is 1.33. The topological polar surface area (TPSA) is 66.0 Å². The second kappa shape index (κ2) is 4.51. The van der Waals surface area contributed by atoms with Crippen LogP contribution in [0.3, 0.4) is 0 Å². The van der Waals surface area contributed by atoms with Crippen molar-refractivity contribution in [2.24, 2.45) is 0 Å². The highest BCUT2D eigenvalue weighted by Crippen LogP contribution is 2.31. The second-order valence-corrected chi connectivity index (χ2v) is 5.46. The van der Waals surface area contributed by atoms with E-state index in [-0.39, 0.29) is 0 Å². The number of carbonyl (C=O) groups is 1. The number of aromatic nitrogens is 2. The van der Waals surface area contributed by atoms with Crippen LogP contribution in [-0.4, -0.2) is 21.0 Å². The summed E-state index contributed by atoms with van der Waals surface area (Å²) in [5.74, 6) is 0.0528. The summed E-state index contributed by atoms with van der Waals surface area (Å²) in [4.78, 5) is 18.8. The zero-order chi connectivity index (χ0) is 13.4. The lowest BCUT2D eigenvalue weighted by molar-refractivity contribution is 0.0701. The van der Waals surface area contributed by atoms with Gasteiger partial charge >= 0.3 is 5.97 Å². The summed E-state index contributed by atoms with van der Waals surface area (Å²) in [6.45, 7) is 1.86. The van der Waals surface area contributed by atoms with Crippen molar-refractivity contribution >= 4 is 27.4 Å². The Balaban J connectivity index is 2.05. The Labute approximate surface area is 113 Å². The molecule has 2 aromatic heterocycles. The number of carboxylic acid groups (broad SMARTS) is 1. The molecule has 5 heteroatoms. The fourth-order valence-electron chi connectivity index (χ4n) is 2.17. The molecule has 0 atom stereocenters. The van der Waals surface area contributed by atoms with Crippen molar-refractivity contribution < 1.29 is 9.90 Å². The monoisotopic (exact) mass is 272 g/mol. The Morgan fingerprint density at radius 3 is 3.00 bits per heavy atom. The molecule has 0 amide bonds. The van der Waals surface area contributed by atoms with Crippen molar-refractivity contribution in [3.8, 4) is 0 Å². The Hall–Kier alpha value is -2.14. The molecular weight excluding hydrogens is 260 g/mol. The van der Waals surface area contributed by atoms with Crippen LogP contribution in [0.2, 0.25) is 0 Å². The van der Waals surface area contributed by atoms with Crippen molar-refractivity contribution in [3.63, 3.8) is 0 Å². The van der Waals surface area contributed by atoms with Gasteiger partial charge in [0.05, 0.1) is 0 Å². The molecule has 0 aliphatic carbocycles. The fraction of sp³-hybridized carbons (Fsp3) is 0.143. The number of thiophene rings is 1. The van der Waals surface area contributed by atoms with E-state index in [9.17, 15) is 4.79 Å². The quantitative estimate of drug-likeness (QED) is 0.769. The number of hydrogen-bond acceptors (Lipinski definition) is 3. The number of carboxylic acids is 1. The number of benzene rings is 1. The molecule has 0 bridgehead atoms. The summed E-state index contributed by atoms with van der Waals surface area (Å²) in [5.41, 5.74) is 1.97. The van der Waals surface area contributed by atoms with Gasteiger partial charge in [-0.3, -0.25) is 0 Å². The molecule has 1 aromatic carbocycles. The first-order chi connectivity index (χ1) is 9.15. The molecule has 0 spiro atoms. The van der Waals surface area contributed by atoms with Crippen LogP contribution in [0.5, 0.6) is 0 Å². The average Bonchev–Trinajstić information content (AvgIpc) is 2.98. The number of H-pyrrole nitrogens is 1.